The minimum absolute atomic E-state index is 0.235. The first-order chi connectivity index (χ1) is 10.7. The smallest absolute Gasteiger partial charge is 0.309 e. The molecule has 0 bridgehead atoms. The van der Waals surface area contributed by atoms with Crippen LogP contribution in [0, 0.1) is 5.92 Å². The standard InChI is InChI=1S/C16H23N3O2S/c20-15(16(21)18-14-1-2-14)17-9-12-3-6-19(7-4-12)10-13-5-8-22-11-13/h5,8,11-12,14H,1-4,6-7,9-10H2,(H,17,20)(H,18,21). The number of thiophene rings is 1. The van der Waals surface area contributed by atoms with E-state index in [-0.39, 0.29) is 6.04 Å². The van der Waals surface area contributed by atoms with E-state index >= 15 is 0 Å². The fourth-order valence-corrected chi connectivity index (χ4v) is 3.45. The molecule has 1 aliphatic carbocycles. The average molecular weight is 321 g/mol. The van der Waals surface area contributed by atoms with Crippen molar-refractivity contribution in [3.8, 4) is 0 Å². The van der Waals surface area contributed by atoms with E-state index in [9.17, 15) is 9.59 Å². The second-order valence-electron chi connectivity index (χ2n) is 6.31. The number of nitrogens with one attached hydrogen (secondary N) is 2. The first kappa shape index (κ1) is 15.5. The Hall–Kier alpha value is -1.40. The van der Waals surface area contributed by atoms with Crippen LogP contribution in [0.15, 0.2) is 16.8 Å². The summed E-state index contributed by atoms with van der Waals surface area (Å²) < 4.78 is 0. The SMILES string of the molecule is O=C(NCC1CCN(Cc2ccsc2)CC1)C(=O)NC1CC1. The van der Waals surface area contributed by atoms with Crippen LogP contribution < -0.4 is 10.6 Å². The summed E-state index contributed by atoms with van der Waals surface area (Å²) in [7, 11) is 0. The van der Waals surface area contributed by atoms with Crippen molar-refractivity contribution in [3.05, 3.63) is 22.4 Å². The molecule has 2 heterocycles. The van der Waals surface area contributed by atoms with Crippen LogP contribution in [-0.4, -0.2) is 42.4 Å². The van der Waals surface area contributed by atoms with Crippen molar-refractivity contribution in [1.82, 2.24) is 15.5 Å². The van der Waals surface area contributed by atoms with E-state index in [1.54, 1.807) is 11.3 Å². The summed E-state index contributed by atoms with van der Waals surface area (Å²) >= 11 is 1.74. The molecule has 1 aromatic rings. The van der Waals surface area contributed by atoms with Gasteiger partial charge in [0.1, 0.15) is 0 Å². The summed E-state index contributed by atoms with van der Waals surface area (Å²) in [6.07, 6.45) is 4.16. The Morgan fingerprint density at radius 2 is 1.95 bits per heavy atom. The van der Waals surface area contributed by atoms with E-state index in [1.165, 1.54) is 5.56 Å². The molecule has 1 aliphatic heterocycles. The number of hydrogen-bond donors (Lipinski definition) is 2. The highest BCUT2D eigenvalue weighted by Gasteiger charge is 2.27. The topological polar surface area (TPSA) is 61.4 Å². The van der Waals surface area contributed by atoms with E-state index in [0.717, 1.165) is 45.3 Å². The third kappa shape index (κ3) is 4.55. The van der Waals surface area contributed by atoms with Crippen molar-refractivity contribution in [1.29, 1.82) is 0 Å². The first-order valence-electron chi connectivity index (χ1n) is 8.03. The fourth-order valence-electron chi connectivity index (χ4n) is 2.79. The predicted octanol–water partition coefficient (Wildman–Crippen LogP) is 1.35. The average Bonchev–Trinajstić information content (AvgIpc) is 3.19. The normalized spacial score (nSPS) is 19.8. The van der Waals surface area contributed by atoms with Gasteiger partial charge in [0.05, 0.1) is 0 Å². The molecule has 2 amide bonds. The van der Waals surface area contributed by atoms with Gasteiger partial charge >= 0.3 is 11.8 Å². The Morgan fingerprint density at radius 1 is 1.18 bits per heavy atom. The van der Waals surface area contributed by atoms with Crippen LogP contribution in [0.3, 0.4) is 0 Å². The minimum Gasteiger partial charge on any atom is -0.348 e. The first-order valence-corrected chi connectivity index (χ1v) is 8.97. The van der Waals surface area contributed by atoms with Crippen molar-refractivity contribution >= 4 is 23.2 Å². The Balaban J connectivity index is 1.33. The van der Waals surface area contributed by atoms with Crippen LogP contribution in [0.5, 0.6) is 0 Å². The van der Waals surface area contributed by atoms with Crippen LogP contribution in [-0.2, 0) is 16.1 Å². The van der Waals surface area contributed by atoms with E-state index in [1.807, 2.05) is 0 Å². The van der Waals surface area contributed by atoms with E-state index in [0.29, 0.717) is 12.5 Å². The maximum atomic E-state index is 11.7. The van der Waals surface area contributed by atoms with Gasteiger partial charge in [-0.25, -0.2) is 0 Å². The largest absolute Gasteiger partial charge is 0.348 e. The molecular weight excluding hydrogens is 298 g/mol. The van der Waals surface area contributed by atoms with Crippen LogP contribution in [0.1, 0.15) is 31.2 Å². The molecule has 1 saturated carbocycles. The van der Waals surface area contributed by atoms with Gasteiger partial charge in [-0.1, -0.05) is 0 Å². The zero-order chi connectivity index (χ0) is 15.4. The molecule has 5 nitrogen and oxygen atoms in total. The highest BCUT2D eigenvalue weighted by Crippen LogP contribution is 2.20. The lowest BCUT2D eigenvalue weighted by Gasteiger charge is -2.31. The monoisotopic (exact) mass is 321 g/mol. The molecule has 120 valence electrons. The maximum Gasteiger partial charge on any atom is 0.309 e. The lowest BCUT2D eigenvalue weighted by atomic mass is 9.96. The number of likely N-dealkylation sites (tertiary alicyclic amines) is 1. The summed E-state index contributed by atoms with van der Waals surface area (Å²) in [4.78, 5) is 25.7. The zero-order valence-electron chi connectivity index (χ0n) is 12.7. The Bertz CT molecular complexity index is 505. The summed E-state index contributed by atoms with van der Waals surface area (Å²) in [5.41, 5.74) is 1.38. The molecule has 0 atom stereocenters. The molecule has 0 aromatic carbocycles. The maximum absolute atomic E-state index is 11.7. The summed E-state index contributed by atoms with van der Waals surface area (Å²) in [6.45, 7) is 3.75. The number of carbonyl (C=O) groups is 2. The zero-order valence-corrected chi connectivity index (χ0v) is 13.5. The fraction of sp³-hybridized carbons (Fsp3) is 0.625. The lowest BCUT2D eigenvalue weighted by molar-refractivity contribution is -0.139. The minimum atomic E-state index is -0.479. The van der Waals surface area contributed by atoms with Gasteiger partial charge in [-0.3, -0.25) is 14.5 Å². The molecule has 2 N–H and O–H groups in total. The van der Waals surface area contributed by atoms with Gasteiger partial charge in [-0.2, -0.15) is 11.3 Å². The number of rotatable bonds is 5. The number of amides is 2. The molecule has 0 radical (unpaired) electrons. The summed E-state index contributed by atoms with van der Waals surface area (Å²) in [5.74, 6) is -0.471. The van der Waals surface area contributed by atoms with Gasteiger partial charge in [-0.15, -0.1) is 0 Å². The van der Waals surface area contributed by atoms with Crippen LogP contribution in [0.25, 0.3) is 0 Å². The third-order valence-corrected chi connectivity index (χ3v) is 5.10. The molecular formula is C16H23N3O2S. The molecule has 0 spiro atoms. The van der Waals surface area contributed by atoms with Gasteiger partial charge in [-0.05, 0) is 67.1 Å². The molecule has 22 heavy (non-hydrogen) atoms. The van der Waals surface area contributed by atoms with E-state index in [2.05, 4.69) is 32.4 Å². The summed E-state index contributed by atoms with van der Waals surface area (Å²) in [5, 5.41) is 9.81. The van der Waals surface area contributed by atoms with Gasteiger partial charge in [0.25, 0.3) is 0 Å². The Kier molecular flexibility index (Phi) is 5.10. The van der Waals surface area contributed by atoms with Crippen molar-refractivity contribution in [3.63, 3.8) is 0 Å². The molecule has 2 aliphatic rings. The number of nitrogens with zero attached hydrogens (tertiary/aromatic N) is 1. The third-order valence-electron chi connectivity index (χ3n) is 4.36. The van der Waals surface area contributed by atoms with Crippen LogP contribution in [0.4, 0.5) is 0 Å². The van der Waals surface area contributed by atoms with Gasteiger partial charge in [0, 0.05) is 19.1 Å². The molecule has 1 aromatic heterocycles. The molecule has 3 rings (SSSR count). The number of hydrogen-bond acceptors (Lipinski definition) is 4. The molecule has 6 heteroatoms. The molecule has 2 fully saturated rings. The Labute approximate surface area is 135 Å². The second-order valence-corrected chi connectivity index (χ2v) is 7.09. The van der Waals surface area contributed by atoms with Gasteiger partial charge in [0.15, 0.2) is 0 Å². The van der Waals surface area contributed by atoms with Crippen molar-refractivity contribution in [2.75, 3.05) is 19.6 Å². The van der Waals surface area contributed by atoms with E-state index in [4.69, 9.17) is 0 Å². The number of piperidine rings is 1. The number of carbonyl (C=O) groups excluding carboxylic acids is 2. The van der Waals surface area contributed by atoms with Gasteiger partial charge < -0.3 is 10.6 Å². The van der Waals surface area contributed by atoms with Crippen LogP contribution >= 0.6 is 11.3 Å². The Morgan fingerprint density at radius 3 is 2.59 bits per heavy atom. The van der Waals surface area contributed by atoms with Crippen molar-refractivity contribution in [2.45, 2.75) is 38.3 Å². The molecule has 0 unspecified atom stereocenters. The van der Waals surface area contributed by atoms with Crippen molar-refractivity contribution in [2.24, 2.45) is 5.92 Å². The quantitative estimate of drug-likeness (QED) is 0.805. The highest BCUT2D eigenvalue weighted by molar-refractivity contribution is 7.07. The second kappa shape index (κ2) is 7.24. The summed E-state index contributed by atoms with van der Waals surface area (Å²) in [6, 6.07) is 2.41. The lowest BCUT2D eigenvalue weighted by Crippen LogP contribution is -2.44. The highest BCUT2D eigenvalue weighted by atomic mass is 32.1. The van der Waals surface area contributed by atoms with Crippen LogP contribution in [0.2, 0.25) is 0 Å². The van der Waals surface area contributed by atoms with E-state index < -0.39 is 11.8 Å². The molecule has 1 saturated heterocycles. The van der Waals surface area contributed by atoms with Gasteiger partial charge in [0.2, 0.25) is 0 Å². The predicted molar refractivity (Wildman–Crippen MR) is 86.5 cm³/mol. The van der Waals surface area contributed by atoms with Crippen molar-refractivity contribution < 1.29 is 9.59 Å².